The molecule has 0 spiro atoms. The van der Waals surface area contributed by atoms with Gasteiger partial charge >= 0.3 is 0 Å². The smallest absolute Gasteiger partial charge is 0.0664 e. The van der Waals surface area contributed by atoms with Gasteiger partial charge in [-0.25, -0.2) is 0 Å². The molecule has 3 nitrogen and oxygen atoms in total. The van der Waals surface area contributed by atoms with Gasteiger partial charge < -0.3 is 0 Å². The van der Waals surface area contributed by atoms with Gasteiger partial charge in [0.1, 0.15) is 0 Å². The Hall–Kier alpha value is -1.45. The maximum Gasteiger partial charge on any atom is 0.0664 e. The first-order valence-electron chi connectivity index (χ1n) is 7.06. The largest absolute Gasteiger partial charge is 0.271 e. The average Bonchev–Trinajstić information content (AvgIpc) is 2.44. The second-order valence-electron chi connectivity index (χ2n) is 5.27. The molecule has 0 saturated carbocycles. The normalized spacial score (nSPS) is 14.5. The van der Waals surface area contributed by atoms with Crippen LogP contribution < -0.4 is 11.3 Å². The first kappa shape index (κ1) is 14.0. The maximum absolute atomic E-state index is 5.75. The van der Waals surface area contributed by atoms with Crippen LogP contribution in [0.1, 0.15) is 44.8 Å². The quantitative estimate of drug-likeness (QED) is 0.614. The molecule has 2 rings (SSSR count). The van der Waals surface area contributed by atoms with Crippen LogP contribution in [0.5, 0.6) is 0 Å². The molecule has 2 atom stereocenters. The van der Waals surface area contributed by atoms with Crippen molar-refractivity contribution >= 4 is 10.8 Å². The van der Waals surface area contributed by atoms with E-state index in [1.807, 2.05) is 12.3 Å². The van der Waals surface area contributed by atoms with Crippen molar-refractivity contribution in [1.82, 2.24) is 10.4 Å². The first-order valence-corrected chi connectivity index (χ1v) is 7.06. The Kier molecular flexibility index (Phi) is 4.88. The van der Waals surface area contributed by atoms with E-state index < -0.39 is 0 Å². The van der Waals surface area contributed by atoms with Gasteiger partial charge in [0.05, 0.1) is 11.7 Å². The summed E-state index contributed by atoms with van der Waals surface area (Å²) >= 11 is 0. The molecule has 0 aliphatic heterocycles. The highest BCUT2D eigenvalue weighted by Gasteiger charge is 2.17. The third-order valence-electron chi connectivity index (χ3n) is 3.66. The van der Waals surface area contributed by atoms with Gasteiger partial charge in [0.2, 0.25) is 0 Å². The predicted octanol–water partition coefficient (Wildman–Crippen LogP) is 3.57. The van der Waals surface area contributed by atoms with Gasteiger partial charge in [-0.05, 0) is 23.8 Å². The van der Waals surface area contributed by atoms with Crippen LogP contribution in [0.15, 0.2) is 36.5 Å². The molecule has 19 heavy (non-hydrogen) atoms. The molecule has 0 bridgehead atoms. The van der Waals surface area contributed by atoms with Crippen LogP contribution in [0.2, 0.25) is 0 Å². The van der Waals surface area contributed by atoms with E-state index in [-0.39, 0.29) is 6.04 Å². The molecule has 2 unspecified atom stereocenters. The number of pyridine rings is 1. The minimum Gasteiger partial charge on any atom is -0.271 e. The van der Waals surface area contributed by atoms with E-state index >= 15 is 0 Å². The highest BCUT2D eigenvalue weighted by atomic mass is 15.2. The summed E-state index contributed by atoms with van der Waals surface area (Å²) in [5.74, 6) is 6.40. The zero-order valence-corrected chi connectivity index (χ0v) is 11.8. The number of rotatable bonds is 6. The summed E-state index contributed by atoms with van der Waals surface area (Å²) in [6.45, 7) is 4.50. The van der Waals surface area contributed by atoms with Crippen molar-refractivity contribution in [2.24, 2.45) is 11.8 Å². The molecular weight excluding hydrogens is 234 g/mol. The highest BCUT2D eigenvalue weighted by molar-refractivity contribution is 5.84. The van der Waals surface area contributed by atoms with Crippen molar-refractivity contribution in [3.63, 3.8) is 0 Å². The topological polar surface area (TPSA) is 50.9 Å². The monoisotopic (exact) mass is 257 g/mol. The van der Waals surface area contributed by atoms with Crippen LogP contribution in [-0.2, 0) is 0 Å². The molecule has 3 heteroatoms. The van der Waals surface area contributed by atoms with E-state index in [0.29, 0.717) is 5.92 Å². The van der Waals surface area contributed by atoms with Gasteiger partial charge in [0.15, 0.2) is 0 Å². The fraction of sp³-hybridized carbons (Fsp3) is 0.438. The lowest BCUT2D eigenvalue weighted by molar-refractivity contribution is 0.391. The molecule has 0 aliphatic rings. The summed E-state index contributed by atoms with van der Waals surface area (Å²) in [5.41, 5.74) is 4.00. The third kappa shape index (κ3) is 3.31. The summed E-state index contributed by atoms with van der Waals surface area (Å²) in [5, 5.41) is 2.41. The van der Waals surface area contributed by atoms with E-state index in [9.17, 15) is 0 Å². The van der Waals surface area contributed by atoms with Crippen LogP contribution in [0.25, 0.3) is 10.8 Å². The Bertz CT molecular complexity index is 519. The summed E-state index contributed by atoms with van der Waals surface area (Å²) < 4.78 is 0. The number of hydrazine groups is 1. The maximum atomic E-state index is 5.75. The van der Waals surface area contributed by atoms with Crippen molar-refractivity contribution < 1.29 is 0 Å². The van der Waals surface area contributed by atoms with Crippen LogP contribution >= 0.6 is 0 Å². The van der Waals surface area contributed by atoms with E-state index in [2.05, 4.69) is 48.5 Å². The summed E-state index contributed by atoms with van der Waals surface area (Å²) in [6.07, 6.45) is 5.32. The molecule has 0 saturated heterocycles. The minimum absolute atomic E-state index is 0.118. The number of fused-ring (bicyclic) bond motifs is 1. The van der Waals surface area contributed by atoms with Crippen molar-refractivity contribution in [1.29, 1.82) is 0 Å². The van der Waals surface area contributed by atoms with E-state index in [1.165, 1.54) is 23.6 Å². The van der Waals surface area contributed by atoms with Gasteiger partial charge in [-0.2, -0.15) is 0 Å². The molecule has 0 radical (unpaired) electrons. The number of hydrogen-bond acceptors (Lipinski definition) is 3. The fourth-order valence-electron chi connectivity index (χ4n) is 2.69. The molecule has 0 aliphatic carbocycles. The van der Waals surface area contributed by atoms with Crippen LogP contribution in [0.4, 0.5) is 0 Å². The fourth-order valence-corrected chi connectivity index (χ4v) is 2.69. The standard InChI is InChI=1S/C16H23N3/c1-3-6-12(2)11-15(19-17)16-14-8-5-4-7-13(14)9-10-18-16/h4-5,7-10,12,15,19H,3,6,11,17H2,1-2H3. The Balaban J connectivity index is 2.30. The van der Waals surface area contributed by atoms with Gasteiger partial charge in [-0.15, -0.1) is 0 Å². The molecule has 0 amide bonds. The zero-order chi connectivity index (χ0) is 13.7. The molecule has 1 aromatic carbocycles. The minimum atomic E-state index is 0.118. The first-order chi connectivity index (χ1) is 9.26. The average molecular weight is 257 g/mol. The Morgan fingerprint density at radius 3 is 2.79 bits per heavy atom. The van der Waals surface area contributed by atoms with Gasteiger partial charge in [-0.1, -0.05) is 51.0 Å². The molecular formula is C16H23N3. The third-order valence-corrected chi connectivity index (χ3v) is 3.66. The number of aromatic nitrogens is 1. The van der Waals surface area contributed by atoms with Crippen LogP contribution in [0, 0.1) is 5.92 Å². The SMILES string of the molecule is CCCC(C)CC(NN)c1nccc2ccccc12. The van der Waals surface area contributed by atoms with Gasteiger partial charge in [-0.3, -0.25) is 16.3 Å². The summed E-state index contributed by atoms with van der Waals surface area (Å²) in [7, 11) is 0. The lowest BCUT2D eigenvalue weighted by atomic mass is 9.94. The van der Waals surface area contributed by atoms with Crippen molar-refractivity contribution in [2.45, 2.75) is 39.2 Å². The highest BCUT2D eigenvalue weighted by Crippen LogP contribution is 2.27. The number of nitrogens with one attached hydrogen (secondary N) is 1. The Morgan fingerprint density at radius 1 is 1.26 bits per heavy atom. The molecule has 102 valence electrons. The summed E-state index contributed by atoms with van der Waals surface area (Å²) in [4.78, 5) is 4.55. The van der Waals surface area contributed by atoms with Crippen LogP contribution in [0.3, 0.4) is 0 Å². The van der Waals surface area contributed by atoms with Crippen molar-refractivity contribution in [3.05, 3.63) is 42.2 Å². The van der Waals surface area contributed by atoms with Crippen molar-refractivity contribution in [3.8, 4) is 0 Å². The zero-order valence-electron chi connectivity index (χ0n) is 11.8. The number of nitrogens with two attached hydrogens (primary N) is 1. The summed E-state index contributed by atoms with van der Waals surface area (Å²) in [6, 6.07) is 10.5. The second-order valence-corrected chi connectivity index (χ2v) is 5.27. The molecule has 3 N–H and O–H groups in total. The molecule has 1 heterocycles. The number of nitrogens with zero attached hydrogens (tertiary/aromatic N) is 1. The van der Waals surface area contributed by atoms with Gasteiger partial charge in [0, 0.05) is 11.6 Å². The van der Waals surface area contributed by atoms with E-state index in [4.69, 9.17) is 5.84 Å². The van der Waals surface area contributed by atoms with E-state index in [1.54, 1.807) is 0 Å². The lowest BCUT2D eigenvalue weighted by Gasteiger charge is -2.21. The van der Waals surface area contributed by atoms with Gasteiger partial charge in [0.25, 0.3) is 0 Å². The van der Waals surface area contributed by atoms with E-state index in [0.717, 1.165) is 12.1 Å². The molecule has 0 fully saturated rings. The molecule has 2 aromatic rings. The number of benzene rings is 1. The predicted molar refractivity (Wildman–Crippen MR) is 80.5 cm³/mol. The number of hydrogen-bond donors (Lipinski definition) is 2. The van der Waals surface area contributed by atoms with Crippen LogP contribution in [-0.4, -0.2) is 4.98 Å². The second kappa shape index (κ2) is 6.64. The Labute approximate surface area is 115 Å². The Morgan fingerprint density at radius 2 is 2.05 bits per heavy atom. The molecule has 1 aromatic heterocycles. The van der Waals surface area contributed by atoms with Crippen molar-refractivity contribution in [2.75, 3.05) is 0 Å². The lowest BCUT2D eigenvalue weighted by Crippen LogP contribution is -2.30.